The first kappa shape index (κ1) is 15.6. The lowest BCUT2D eigenvalue weighted by Gasteiger charge is -2.11. The van der Waals surface area contributed by atoms with Gasteiger partial charge in [0, 0.05) is 10.0 Å². The molecule has 0 bridgehead atoms. The fraction of sp³-hybridized carbons (Fsp3) is 0.235. The van der Waals surface area contributed by atoms with Crippen LogP contribution in [0.15, 0.2) is 46.9 Å². The maximum absolute atomic E-state index is 7.46. The highest BCUT2D eigenvalue weighted by Crippen LogP contribution is 2.28. The summed E-state index contributed by atoms with van der Waals surface area (Å²) in [6, 6.07) is 13.6. The van der Waals surface area contributed by atoms with Crippen LogP contribution in [-0.4, -0.2) is 5.84 Å². The predicted octanol–water partition coefficient (Wildman–Crippen LogP) is 5.04. The van der Waals surface area contributed by atoms with Gasteiger partial charge in [0.2, 0.25) is 0 Å². The molecule has 110 valence electrons. The second kappa shape index (κ2) is 6.76. The van der Waals surface area contributed by atoms with Gasteiger partial charge in [0.1, 0.15) is 17.3 Å². The van der Waals surface area contributed by atoms with Crippen LogP contribution in [0.5, 0.6) is 11.5 Å². The molecule has 0 aliphatic rings. The van der Waals surface area contributed by atoms with E-state index in [0.717, 1.165) is 16.6 Å². The van der Waals surface area contributed by atoms with Crippen molar-refractivity contribution in [2.24, 2.45) is 5.73 Å². The molecule has 1 unspecified atom stereocenters. The van der Waals surface area contributed by atoms with Crippen molar-refractivity contribution in [3.63, 3.8) is 0 Å². The second-order valence-corrected chi connectivity index (χ2v) is 5.89. The van der Waals surface area contributed by atoms with Gasteiger partial charge in [-0.3, -0.25) is 5.41 Å². The molecule has 2 rings (SSSR count). The minimum Gasteiger partial charge on any atom is -0.457 e. The Bertz CT molecular complexity index is 638. The van der Waals surface area contributed by atoms with Crippen LogP contribution in [0.3, 0.4) is 0 Å². The fourth-order valence-electron chi connectivity index (χ4n) is 2.01. The third-order valence-electron chi connectivity index (χ3n) is 3.53. The summed E-state index contributed by atoms with van der Waals surface area (Å²) in [6.45, 7) is 4.40. The van der Waals surface area contributed by atoms with Gasteiger partial charge in [0.05, 0.1) is 0 Å². The van der Waals surface area contributed by atoms with E-state index in [1.807, 2.05) is 24.3 Å². The van der Waals surface area contributed by atoms with Crippen LogP contribution in [-0.2, 0) is 0 Å². The van der Waals surface area contributed by atoms with Gasteiger partial charge in [-0.1, -0.05) is 26.0 Å². The first-order chi connectivity index (χ1) is 10.0. The summed E-state index contributed by atoms with van der Waals surface area (Å²) in [5.74, 6) is 2.10. The van der Waals surface area contributed by atoms with Crippen LogP contribution in [0.2, 0.25) is 0 Å². The quantitative estimate of drug-likeness (QED) is 0.588. The Morgan fingerprint density at radius 1 is 1.19 bits per heavy atom. The zero-order valence-electron chi connectivity index (χ0n) is 12.2. The van der Waals surface area contributed by atoms with Crippen LogP contribution >= 0.6 is 15.9 Å². The molecule has 0 heterocycles. The van der Waals surface area contributed by atoms with E-state index in [-0.39, 0.29) is 5.84 Å². The number of nitrogen functional groups attached to an aromatic ring is 1. The van der Waals surface area contributed by atoms with Gasteiger partial charge in [-0.25, -0.2) is 0 Å². The van der Waals surface area contributed by atoms with E-state index < -0.39 is 0 Å². The van der Waals surface area contributed by atoms with Crippen LogP contribution in [0.4, 0.5) is 0 Å². The van der Waals surface area contributed by atoms with Crippen molar-refractivity contribution in [1.82, 2.24) is 0 Å². The number of hydrogen-bond acceptors (Lipinski definition) is 2. The Hall–Kier alpha value is -1.81. The Labute approximate surface area is 133 Å². The van der Waals surface area contributed by atoms with E-state index in [4.69, 9.17) is 15.9 Å². The Morgan fingerprint density at radius 2 is 1.81 bits per heavy atom. The standard InChI is InChI=1S/C17H19BrN2O/c1-3-11(2)12-4-6-13(7-5-12)21-14-8-9-15(17(19)20)16(18)10-14/h4-11H,3H2,1-2H3,(H3,19,20). The molecule has 4 heteroatoms. The second-order valence-electron chi connectivity index (χ2n) is 5.04. The zero-order chi connectivity index (χ0) is 15.4. The average molecular weight is 347 g/mol. The van der Waals surface area contributed by atoms with E-state index in [9.17, 15) is 0 Å². The van der Waals surface area contributed by atoms with E-state index in [2.05, 4.69) is 41.9 Å². The summed E-state index contributed by atoms with van der Waals surface area (Å²) in [7, 11) is 0. The van der Waals surface area contributed by atoms with Gasteiger partial charge >= 0.3 is 0 Å². The van der Waals surface area contributed by atoms with Gasteiger partial charge in [-0.15, -0.1) is 0 Å². The van der Waals surface area contributed by atoms with Crippen molar-refractivity contribution < 1.29 is 4.74 Å². The normalized spacial score (nSPS) is 12.0. The Morgan fingerprint density at radius 3 is 2.33 bits per heavy atom. The molecule has 3 N–H and O–H groups in total. The van der Waals surface area contributed by atoms with Gasteiger partial charge in [-0.2, -0.15) is 0 Å². The van der Waals surface area contributed by atoms with Crippen molar-refractivity contribution in [3.8, 4) is 11.5 Å². The molecule has 0 aliphatic carbocycles. The summed E-state index contributed by atoms with van der Waals surface area (Å²) in [5, 5.41) is 7.46. The Balaban J connectivity index is 2.15. The predicted molar refractivity (Wildman–Crippen MR) is 90.4 cm³/mol. The molecule has 0 aromatic heterocycles. The molecule has 21 heavy (non-hydrogen) atoms. The summed E-state index contributed by atoms with van der Waals surface area (Å²) >= 11 is 3.40. The number of amidine groups is 1. The first-order valence-electron chi connectivity index (χ1n) is 6.93. The molecule has 2 aromatic rings. The lowest BCUT2D eigenvalue weighted by molar-refractivity contribution is 0.482. The van der Waals surface area contributed by atoms with Crippen molar-refractivity contribution in [3.05, 3.63) is 58.1 Å². The molecular weight excluding hydrogens is 328 g/mol. The van der Waals surface area contributed by atoms with E-state index >= 15 is 0 Å². The highest BCUT2D eigenvalue weighted by atomic mass is 79.9. The third-order valence-corrected chi connectivity index (χ3v) is 4.18. The maximum atomic E-state index is 7.46. The molecule has 0 saturated carbocycles. The molecule has 3 nitrogen and oxygen atoms in total. The topological polar surface area (TPSA) is 59.1 Å². The summed E-state index contributed by atoms with van der Waals surface area (Å²) < 4.78 is 6.57. The molecule has 0 radical (unpaired) electrons. The molecule has 0 saturated heterocycles. The Kier molecular flexibility index (Phi) is 5.02. The highest BCUT2D eigenvalue weighted by molar-refractivity contribution is 9.10. The molecule has 0 spiro atoms. The van der Waals surface area contributed by atoms with Crippen LogP contribution in [0, 0.1) is 5.41 Å². The molecule has 0 amide bonds. The number of ether oxygens (including phenoxy) is 1. The van der Waals surface area contributed by atoms with Crippen molar-refractivity contribution >= 4 is 21.8 Å². The molecule has 0 fully saturated rings. The lowest BCUT2D eigenvalue weighted by Crippen LogP contribution is -2.11. The van der Waals surface area contributed by atoms with Gasteiger partial charge in [0.15, 0.2) is 0 Å². The smallest absolute Gasteiger partial charge is 0.128 e. The summed E-state index contributed by atoms with van der Waals surface area (Å²) in [5.41, 5.74) is 7.47. The number of benzene rings is 2. The first-order valence-corrected chi connectivity index (χ1v) is 7.72. The van der Waals surface area contributed by atoms with Crippen molar-refractivity contribution in [1.29, 1.82) is 5.41 Å². The number of nitrogens with one attached hydrogen (secondary N) is 1. The minimum absolute atomic E-state index is 0.0336. The fourth-order valence-corrected chi connectivity index (χ4v) is 2.59. The minimum atomic E-state index is 0.0336. The summed E-state index contributed by atoms with van der Waals surface area (Å²) in [4.78, 5) is 0. The van der Waals surface area contributed by atoms with Crippen molar-refractivity contribution in [2.75, 3.05) is 0 Å². The van der Waals surface area contributed by atoms with Gasteiger partial charge < -0.3 is 10.5 Å². The third kappa shape index (κ3) is 3.85. The van der Waals surface area contributed by atoms with E-state index in [1.54, 1.807) is 6.07 Å². The highest BCUT2D eigenvalue weighted by Gasteiger charge is 2.06. The average Bonchev–Trinajstić information content (AvgIpc) is 2.47. The SMILES string of the molecule is CCC(C)c1ccc(Oc2ccc(C(=N)N)c(Br)c2)cc1. The van der Waals surface area contributed by atoms with Crippen LogP contribution in [0.25, 0.3) is 0 Å². The summed E-state index contributed by atoms with van der Waals surface area (Å²) in [6.07, 6.45) is 1.12. The van der Waals surface area contributed by atoms with Crippen molar-refractivity contribution in [2.45, 2.75) is 26.2 Å². The van der Waals surface area contributed by atoms with E-state index in [1.165, 1.54) is 5.56 Å². The number of halogens is 1. The molecule has 1 atom stereocenters. The molecule has 0 aliphatic heterocycles. The van der Waals surface area contributed by atoms with Crippen LogP contribution in [0.1, 0.15) is 37.3 Å². The van der Waals surface area contributed by atoms with Gasteiger partial charge in [0.25, 0.3) is 0 Å². The monoisotopic (exact) mass is 346 g/mol. The zero-order valence-corrected chi connectivity index (χ0v) is 13.8. The van der Waals surface area contributed by atoms with Crippen LogP contribution < -0.4 is 10.5 Å². The number of nitrogens with two attached hydrogens (primary N) is 1. The number of rotatable bonds is 5. The van der Waals surface area contributed by atoms with E-state index in [0.29, 0.717) is 17.2 Å². The van der Waals surface area contributed by atoms with Gasteiger partial charge in [-0.05, 0) is 64.2 Å². The largest absolute Gasteiger partial charge is 0.457 e. The lowest BCUT2D eigenvalue weighted by atomic mass is 9.99. The molecular formula is C17H19BrN2O. The number of hydrogen-bond donors (Lipinski definition) is 2. The maximum Gasteiger partial charge on any atom is 0.128 e. The molecule has 2 aromatic carbocycles.